The van der Waals surface area contributed by atoms with Crippen molar-refractivity contribution in [2.75, 3.05) is 13.1 Å². The molecule has 0 radical (unpaired) electrons. The van der Waals surface area contributed by atoms with E-state index >= 15 is 0 Å². The molecule has 1 fully saturated rings. The third-order valence-electron chi connectivity index (χ3n) is 3.42. The van der Waals surface area contributed by atoms with Crippen LogP contribution in [0.25, 0.3) is 0 Å². The smallest absolute Gasteiger partial charge is 0.410 e. The highest BCUT2D eigenvalue weighted by atomic mass is 19.1. The average molecular weight is 310 g/mol. The van der Waals surface area contributed by atoms with Crippen LogP contribution in [0.5, 0.6) is 0 Å². The molecule has 1 aromatic carbocycles. The summed E-state index contributed by atoms with van der Waals surface area (Å²) in [6, 6.07) is 5.95. The van der Waals surface area contributed by atoms with Crippen LogP contribution in [0, 0.1) is 5.82 Å². The quantitative estimate of drug-likeness (QED) is 0.895. The first-order valence-corrected chi connectivity index (χ1v) is 7.38. The number of halogens is 1. The minimum absolute atomic E-state index is 0.224. The molecule has 0 unspecified atom stereocenters. The fraction of sp³-hybridized carbons (Fsp3) is 0.562. The molecule has 1 aliphatic rings. The minimum Gasteiger partial charge on any atom is -0.444 e. The zero-order valence-corrected chi connectivity index (χ0v) is 13.2. The summed E-state index contributed by atoms with van der Waals surface area (Å²) in [7, 11) is 0. The molecule has 1 saturated heterocycles. The molecule has 2 rings (SSSR count). The van der Waals surface area contributed by atoms with Crippen LogP contribution in [-0.4, -0.2) is 46.9 Å². The van der Waals surface area contributed by atoms with Gasteiger partial charge in [-0.3, -0.25) is 0 Å². The van der Waals surface area contributed by atoms with Gasteiger partial charge in [0.2, 0.25) is 0 Å². The Bertz CT molecular complexity index is 513. The van der Waals surface area contributed by atoms with Crippen molar-refractivity contribution in [3.05, 3.63) is 35.6 Å². The summed E-state index contributed by atoms with van der Waals surface area (Å²) in [5.41, 5.74) is 0.367. The Morgan fingerprint density at radius 1 is 1.36 bits per heavy atom. The van der Waals surface area contributed by atoms with E-state index in [0.717, 1.165) is 5.56 Å². The molecule has 6 heteroatoms. The van der Waals surface area contributed by atoms with Gasteiger partial charge >= 0.3 is 6.09 Å². The van der Waals surface area contributed by atoms with Gasteiger partial charge in [0.05, 0.1) is 18.7 Å². The van der Waals surface area contributed by atoms with Crippen LogP contribution >= 0.6 is 0 Å². The summed E-state index contributed by atoms with van der Waals surface area (Å²) < 4.78 is 18.1. The monoisotopic (exact) mass is 310 g/mol. The standard InChI is InChI=1S/C16H23FN2O3/c1-16(2,3)22-15(21)19-9-13(14(20)10-19)18-8-11-4-6-12(17)7-5-11/h4-7,13-14,18,20H,8-10H2,1-3H3/t13-,14-/m1/s1. The van der Waals surface area contributed by atoms with Gasteiger partial charge in [-0.15, -0.1) is 0 Å². The third kappa shape index (κ3) is 4.68. The van der Waals surface area contributed by atoms with Crippen LogP contribution in [-0.2, 0) is 11.3 Å². The first-order chi connectivity index (χ1) is 10.2. The fourth-order valence-electron chi connectivity index (χ4n) is 2.31. The van der Waals surface area contributed by atoms with Gasteiger partial charge in [0.1, 0.15) is 11.4 Å². The molecule has 1 amide bonds. The lowest BCUT2D eigenvalue weighted by molar-refractivity contribution is 0.0270. The van der Waals surface area contributed by atoms with Crippen molar-refractivity contribution in [3.63, 3.8) is 0 Å². The number of aliphatic hydroxyl groups excluding tert-OH is 1. The molecule has 5 nitrogen and oxygen atoms in total. The SMILES string of the molecule is CC(C)(C)OC(=O)N1C[C@@H](O)[C@H](NCc2ccc(F)cc2)C1. The van der Waals surface area contributed by atoms with Gasteiger partial charge in [0, 0.05) is 13.1 Å². The molecule has 0 aromatic heterocycles. The van der Waals surface area contributed by atoms with Crippen molar-refractivity contribution < 1.29 is 19.0 Å². The van der Waals surface area contributed by atoms with Crippen molar-refractivity contribution in [2.45, 2.75) is 45.1 Å². The number of β-amino-alcohol motifs (C(OH)–C–C–N with tert-alkyl or cyclic N) is 1. The molecular weight excluding hydrogens is 287 g/mol. The number of nitrogens with zero attached hydrogens (tertiary/aromatic N) is 1. The molecule has 2 atom stereocenters. The molecule has 22 heavy (non-hydrogen) atoms. The van der Waals surface area contributed by atoms with Gasteiger partial charge in [-0.25, -0.2) is 9.18 Å². The lowest BCUT2D eigenvalue weighted by Gasteiger charge is -2.24. The number of likely N-dealkylation sites (tertiary alicyclic amines) is 1. The van der Waals surface area contributed by atoms with Crippen molar-refractivity contribution >= 4 is 6.09 Å². The highest BCUT2D eigenvalue weighted by Gasteiger charge is 2.35. The van der Waals surface area contributed by atoms with Gasteiger partial charge in [-0.05, 0) is 38.5 Å². The molecule has 0 bridgehead atoms. The molecule has 0 aliphatic carbocycles. The van der Waals surface area contributed by atoms with E-state index in [-0.39, 0.29) is 18.4 Å². The number of carbonyl (C=O) groups is 1. The Kier molecular flexibility index (Phi) is 5.03. The van der Waals surface area contributed by atoms with Crippen LogP contribution in [0.15, 0.2) is 24.3 Å². The summed E-state index contributed by atoms with van der Waals surface area (Å²) in [6.07, 6.45) is -1.06. The topological polar surface area (TPSA) is 61.8 Å². The number of hydrogen-bond acceptors (Lipinski definition) is 4. The van der Waals surface area contributed by atoms with Crippen molar-refractivity contribution in [2.24, 2.45) is 0 Å². The zero-order chi connectivity index (χ0) is 16.3. The second-order valence-electron chi connectivity index (χ2n) is 6.57. The zero-order valence-electron chi connectivity index (χ0n) is 13.2. The lowest BCUT2D eigenvalue weighted by Crippen LogP contribution is -2.39. The number of hydrogen-bond donors (Lipinski definition) is 2. The summed E-state index contributed by atoms with van der Waals surface area (Å²) >= 11 is 0. The summed E-state index contributed by atoms with van der Waals surface area (Å²) in [4.78, 5) is 13.5. The highest BCUT2D eigenvalue weighted by molar-refractivity contribution is 5.68. The van der Waals surface area contributed by atoms with E-state index in [1.54, 1.807) is 12.1 Å². The number of carbonyl (C=O) groups excluding carboxylic acids is 1. The van der Waals surface area contributed by atoms with E-state index in [4.69, 9.17) is 4.74 Å². The van der Waals surface area contributed by atoms with E-state index < -0.39 is 17.8 Å². The Hall–Kier alpha value is -1.66. The van der Waals surface area contributed by atoms with Crippen LogP contribution in [0.4, 0.5) is 9.18 Å². The van der Waals surface area contributed by atoms with Gasteiger partial charge in [-0.1, -0.05) is 12.1 Å². The van der Waals surface area contributed by atoms with Gasteiger partial charge in [0.25, 0.3) is 0 Å². The Balaban J connectivity index is 1.85. The van der Waals surface area contributed by atoms with Crippen molar-refractivity contribution in [1.82, 2.24) is 10.2 Å². The fourth-order valence-corrected chi connectivity index (χ4v) is 2.31. The van der Waals surface area contributed by atoms with E-state index in [9.17, 15) is 14.3 Å². The highest BCUT2D eigenvalue weighted by Crippen LogP contribution is 2.16. The summed E-state index contributed by atoms with van der Waals surface area (Å²) in [6.45, 7) is 6.56. The first kappa shape index (κ1) is 16.7. The summed E-state index contributed by atoms with van der Waals surface area (Å²) in [5, 5.41) is 13.2. The predicted molar refractivity (Wildman–Crippen MR) is 80.8 cm³/mol. The molecule has 1 aromatic rings. The van der Waals surface area contributed by atoms with Gasteiger partial charge in [0.15, 0.2) is 0 Å². The average Bonchev–Trinajstić information content (AvgIpc) is 2.78. The predicted octanol–water partition coefficient (Wildman–Crippen LogP) is 1.90. The van der Waals surface area contributed by atoms with E-state index in [1.807, 2.05) is 20.8 Å². The Morgan fingerprint density at radius 3 is 2.59 bits per heavy atom. The van der Waals surface area contributed by atoms with Crippen LogP contribution < -0.4 is 5.32 Å². The largest absolute Gasteiger partial charge is 0.444 e. The van der Waals surface area contributed by atoms with E-state index in [1.165, 1.54) is 17.0 Å². The van der Waals surface area contributed by atoms with Crippen molar-refractivity contribution in [1.29, 1.82) is 0 Å². The molecule has 1 heterocycles. The van der Waals surface area contributed by atoms with Crippen molar-refractivity contribution in [3.8, 4) is 0 Å². The normalized spacial score (nSPS) is 22.0. The second-order valence-corrected chi connectivity index (χ2v) is 6.57. The number of nitrogens with one attached hydrogen (secondary N) is 1. The molecular formula is C16H23FN2O3. The second kappa shape index (κ2) is 6.62. The minimum atomic E-state index is -0.645. The maximum atomic E-state index is 12.8. The number of amides is 1. The number of aliphatic hydroxyl groups is 1. The van der Waals surface area contributed by atoms with Crippen LogP contribution in [0.2, 0.25) is 0 Å². The van der Waals surface area contributed by atoms with Crippen LogP contribution in [0.3, 0.4) is 0 Å². The van der Waals surface area contributed by atoms with E-state index in [0.29, 0.717) is 13.1 Å². The van der Waals surface area contributed by atoms with Gasteiger partial charge < -0.3 is 20.1 Å². The number of benzene rings is 1. The molecule has 0 spiro atoms. The maximum Gasteiger partial charge on any atom is 0.410 e. The first-order valence-electron chi connectivity index (χ1n) is 7.38. The van der Waals surface area contributed by atoms with E-state index in [2.05, 4.69) is 5.32 Å². The lowest BCUT2D eigenvalue weighted by atomic mass is 10.2. The maximum absolute atomic E-state index is 12.8. The molecule has 0 saturated carbocycles. The molecule has 1 aliphatic heterocycles. The summed E-state index contributed by atoms with van der Waals surface area (Å²) in [5.74, 6) is -0.277. The Morgan fingerprint density at radius 2 is 2.00 bits per heavy atom. The van der Waals surface area contributed by atoms with Gasteiger partial charge in [-0.2, -0.15) is 0 Å². The van der Waals surface area contributed by atoms with Crippen LogP contribution in [0.1, 0.15) is 26.3 Å². The number of rotatable bonds is 3. The number of ether oxygens (including phenoxy) is 1. The molecule has 2 N–H and O–H groups in total. The molecule has 122 valence electrons. The Labute approximate surface area is 130 Å². The third-order valence-corrected chi connectivity index (χ3v) is 3.42.